The molecule has 0 aromatic heterocycles. The Balaban J connectivity index is 1.70. The molecule has 8 heteroatoms. The van der Waals surface area contributed by atoms with Crippen molar-refractivity contribution in [3.8, 4) is 33.8 Å². The van der Waals surface area contributed by atoms with Crippen molar-refractivity contribution >= 4 is 11.9 Å². The van der Waals surface area contributed by atoms with Crippen molar-refractivity contribution in [2.45, 2.75) is 91.4 Å². The molecule has 0 heterocycles. The topological polar surface area (TPSA) is 72.8 Å². The summed E-state index contributed by atoms with van der Waals surface area (Å²) in [6.07, 6.45) is 12.0. The normalized spacial score (nSPS) is 11.8. The number of hydrogen-bond donors (Lipinski definition) is 1. The Morgan fingerprint density at radius 3 is 1.89 bits per heavy atom. The summed E-state index contributed by atoms with van der Waals surface area (Å²) in [4.78, 5) is 23.9. The van der Waals surface area contributed by atoms with E-state index < -0.39 is 46.4 Å². The molecule has 0 fully saturated rings. The van der Waals surface area contributed by atoms with Gasteiger partial charge in [-0.15, -0.1) is 0 Å². The molecule has 1 atom stereocenters. The van der Waals surface area contributed by atoms with Gasteiger partial charge in [0.15, 0.2) is 23.1 Å². The molecule has 0 radical (unpaired) electrons. The van der Waals surface area contributed by atoms with Crippen LogP contribution in [-0.4, -0.2) is 23.7 Å². The number of carboxylic acids is 1. The van der Waals surface area contributed by atoms with Crippen molar-refractivity contribution in [3.05, 3.63) is 71.5 Å². The Morgan fingerprint density at radius 1 is 0.750 bits per heavy atom. The van der Waals surface area contributed by atoms with Crippen LogP contribution in [-0.2, 0) is 4.79 Å². The smallest absolute Gasteiger partial charge is 0.336 e. The largest absolute Gasteiger partial charge is 0.490 e. The molecule has 3 aromatic rings. The zero-order valence-corrected chi connectivity index (χ0v) is 25.9. The predicted molar refractivity (Wildman–Crippen MR) is 167 cm³/mol. The fourth-order valence-electron chi connectivity index (χ4n) is 4.92. The molecular weight excluding hydrogens is 569 g/mol. The van der Waals surface area contributed by atoms with Crippen LogP contribution in [0.25, 0.3) is 22.3 Å². The number of rotatable bonds is 18. The third-order valence-corrected chi connectivity index (χ3v) is 7.82. The lowest BCUT2D eigenvalue weighted by atomic mass is 9.95. The van der Waals surface area contributed by atoms with E-state index >= 15 is 8.78 Å². The minimum absolute atomic E-state index is 0.144. The van der Waals surface area contributed by atoms with E-state index in [0.29, 0.717) is 12.0 Å². The van der Waals surface area contributed by atoms with Gasteiger partial charge in [0.05, 0.1) is 18.1 Å². The highest BCUT2D eigenvalue weighted by molar-refractivity contribution is 5.97. The van der Waals surface area contributed by atoms with Crippen LogP contribution in [0.4, 0.5) is 13.2 Å². The van der Waals surface area contributed by atoms with Gasteiger partial charge in [-0.2, -0.15) is 0 Å². The maximum Gasteiger partial charge on any atom is 0.336 e. The minimum Gasteiger partial charge on any atom is -0.490 e. The molecule has 0 aliphatic carbocycles. The van der Waals surface area contributed by atoms with E-state index in [1.807, 2.05) is 6.92 Å². The fraction of sp³-hybridized carbons (Fsp3) is 0.444. The SMILES string of the molecule is CCCCCCCCCCCCOc1ccc(C(=O)O)c(-c2ccc(-c3ccc(OC(=O)[C@@H](C)CC)c(F)c3)cc2F)c1F. The van der Waals surface area contributed by atoms with Gasteiger partial charge in [-0.3, -0.25) is 4.79 Å². The molecule has 0 aliphatic heterocycles. The highest BCUT2D eigenvalue weighted by Crippen LogP contribution is 2.36. The van der Waals surface area contributed by atoms with Crippen molar-refractivity contribution < 1.29 is 37.3 Å². The second-order valence-corrected chi connectivity index (χ2v) is 11.2. The lowest BCUT2D eigenvalue weighted by Gasteiger charge is -2.15. The van der Waals surface area contributed by atoms with Crippen molar-refractivity contribution in [3.63, 3.8) is 0 Å². The number of unbranched alkanes of at least 4 members (excludes halogenated alkanes) is 9. The second-order valence-electron chi connectivity index (χ2n) is 11.2. The fourth-order valence-corrected chi connectivity index (χ4v) is 4.92. The monoisotopic (exact) mass is 612 g/mol. The van der Waals surface area contributed by atoms with E-state index in [-0.39, 0.29) is 29.2 Å². The summed E-state index contributed by atoms with van der Waals surface area (Å²) in [7, 11) is 0. The van der Waals surface area contributed by atoms with Crippen LogP contribution >= 0.6 is 0 Å². The first-order chi connectivity index (χ1) is 21.2. The van der Waals surface area contributed by atoms with Crippen molar-refractivity contribution in [1.82, 2.24) is 0 Å². The van der Waals surface area contributed by atoms with E-state index in [0.717, 1.165) is 37.8 Å². The Labute approximate surface area is 258 Å². The molecular formula is C36H43F3O5. The first-order valence-electron chi connectivity index (χ1n) is 15.7. The molecule has 1 N–H and O–H groups in total. The van der Waals surface area contributed by atoms with E-state index in [4.69, 9.17) is 9.47 Å². The molecule has 0 bridgehead atoms. The summed E-state index contributed by atoms with van der Waals surface area (Å²) in [6.45, 7) is 5.96. The first kappa shape index (κ1) is 34.7. The number of hydrogen-bond acceptors (Lipinski definition) is 4. The van der Waals surface area contributed by atoms with Crippen molar-refractivity contribution in [1.29, 1.82) is 0 Å². The van der Waals surface area contributed by atoms with Gasteiger partial charge in [0.2, 0.25) is 0 Å². The number of benzene rings is 3. The molecule has 44 heavy (non-hydrogen) atoms. The number of esters is 1. The van der Waals surface area contributed by atoms with Crippen LogP contribution in [0.2, 0.25) is 0 Å². The average Bonchev–Trinajstić information content (AvgIpc) is 3.01. The number of carbonyl (C=O) groups excluding carboxylic acids is 1. The van der Waals surface area contributed by atoms with Gasteiger partial charge in [0, 0.05) is 11.1 Å². The Hall–Kier alpha value is -3.81. The molecule has 0 aliphatic rings. The average molecular weight is 613 g/mol. The molecule has 0 saturated carbocycles. The maximum absolute atomic E-state index is 15.6. The van der Waals surface area contributed by atoms with Crippen LogP contribution < -0.4 is 9.47 Å². The zero-order chi connectivity index (χ0) is 32.1. The van der Waals surface area contributed by atoms with Crippen LogP contribution in [0, 0.1) is 23.4 Å². The van der Waals surface area contributed by atoms with E-state index in [2.05, 4.69) is 6.92 Å². The van der Waals surface area contributed by atoms with Gasteiger partial charge in [0.1, 0.15) is 5.82 Å². The number of carbonyl (C=O) groups is 2. The van der Waals surface area contributed by atoms with E-state index in [9.17, 15) is 19.1 Å². The number of halogens is 3. The van der Waals surface area contributed by atoms with Crippen molar-refractivity contribution in [2.75, 3.05) is 6.61 Å². The van der Waals surface area contributed by atoms with Gasteiger partial charge in [-0.1, -0.05) is 96.8 Å². The molecule has 0 unspecified atom stereocenters. The Bertz CT molecular complexity index is 1400. The molecule has 238 valence electrons. The molecule has 0 saturated heterocycles. The van der Waals surface area contributed by atoms with Crippen LogP contribution in [0.5, 0.6) is 11.5 Å². The molecule has 5 nitrogen and oxygen atoms in total. The van der Waals surface area contributed by atoms with Gasteiger partial charge in [0.25, 0.3) is 0 Å². The van der Waals surface area contributed by atoms with Crippen LogP contribution in [0.1, 0.15) is 102 Å². The highest BCUT2D eigenvalue weighted by atomic mass is 19.1. The van der Waals surface area contributed by atoms with Crippen LogP contribution in [0.15, 0.2) is 48.5 Å². The third-order valence-electron chi connectivity index (χ3n) is 7.82. The summed E-state index contributed by atoms with van der Waals surface area (Å²) in [5.41, 5.74) is -0.508. The van der Waals surface area contributed by atoms with E-state index in [1.165, 1.54) is 74.9 Å². The lowest BCUT2D eigenvalue weighted by Crippen LogP contribution is -2.17. The summed E-state index contributed by atoms with van der Waals surface area (Å²) in [5.74, 6) is -5.38. The van der Waals surface area contributed by atoms with E-state index in [1.54, 1.807) is 6.92 Å². The quantitative estimate of drug-likeness (QED) is 0.0879. The van der Waals surface area contributed by atoms with Crippen LogP contribution in [0.3, 0.4) is 0 Å². The van der Waals surface area contributed by atoms with Gasteiger partial charge in [-0.05, 0) is 54.3 Å². The maximum atomic E-state index is 15.6. The summed E-state index contributed by atoms with van der Waals surface area (Å²) in [5, 5.41) is 9.70. The van der Waals surface area contributed by atoms with Gasteiger partial charge in [-0.25, -0.2) is 18.0 Å². The predicted octanol–water partition coefficient (Wildman–Crippen LogP) is 10.4. The molecule has 0 spiro atoms. The standard InChI is InChI=1S/C36H43F3O5/c1-4-6-7-8-9-10-11-12-13-14-21-43-32-20-18-28(35(40)41)33(34(32)39)27-17-15-25(22-29(27)37)26-16-19-31(30(38)23-26)44-36(42)24(3)5-2/h15-20,22-24H,4-14,21H2,1-3H3,(H,40,41)/t24-/m0/s1. The molecule has 0 amide bonds. The number of ether oxygens (including phenoxy) is 2. The summed E-state index contributed by atoms with van der Waals surface area (Å²) in [6, 6.07) is 10.1. The van der Waals surface area contributed by atoms with Gasteiger partial charge < -0.3 is 14.6 Å². The summed E-state index contributed by atoms with van der Waals surface area (Å²) < 4.78 is 56.5. The Morgan fingerprint density at radius 2 is 1.32 bits per heavy atom. The zero-order valence-electron chi connectivity index (χ0n) is 25.9. The second kappa shape index (κ2) is 17.5. The summed E-state index contributed by atoms with van der Waals surface area (Å²) >= 11 is 0. The third kappa shape index (κ3) is 9.60. The molecule has 3 aromatic carbocycles. The Kier molecular flexibility index (Phi) is 13.8. The van der Waals surface area contributed by atoms with Crippen molar-refractivity contribution in [2.24, 2.45) is 5.92 Å². The van der Waals surface area contributed by atoms with Gasteiger partial charge >= 0.3 is 11.9 Å². The minimum atomic E-state index is -1.41. The lowest BCUT2D eigenvalue weighted by molar-refractivity contribution is -0.138. The number of carboxylic acid groups (broad SMARTS) is 1. The highest BCUT2D eigenvalue weighted by Gasteiger charge is 2.23. The number of aromatic carboxylic acids is 1. The molecule has 3 rings (SSSR count). The first-order valence-corrected chi connectivity index (χ1v) is 15.7.